The summed E-state index contributed by atoms with van der Waals surface area (Å²) in [4.78, 5) is 14.8. The maximum Gasteiger partial charge on any atom is 0.257 e. The molecule has 0 saturated carbocycles. The van der Waals surface area contributed by atoms with E-state index < -0.39 is 0 Å². The Balaban J connectivity index is 1.65. The third-order valence-corrected chi connectivity index (χ3v) is 8.29. The van der Waals surface area contributed by atoms with Gasteiger partial charge in [0.05, 0.1) is 5.56 Å². The van der Waals surface area contributed by atoms with E-state index in [1.54, 1.807) is 0 Å². The van der Waals surface area contributed by atoms with Crippen LogP contribution in [0.2, 0.25) is 0 Å². The molecule has 0 fully saturated rings. The van der Waals surface area contributed by atoms with Gasteiger partial charge in [0.15, 0.2) is 12.0 Å². The largest absolute Gasteiger partial charge is 0.449 e. The molecule has 3 heterocycles. The summed E-state index contributed by atoms with van der Waals surface area (Å²) in [6.45, 7) is 21.8. The third kappa shape index (κ3) is 4.46. The fourth-order valence-electron chi connectivity index (χ4n) is 5.72. The van der Waals surface area contributed by atoms with Crippen molar-refractivity contribution in [1.82, 2.24) is 15.0 Å². The van der Waals surface area contributed by atoms with Crippen molar-refractivity contribution in [2.75, 3.05) is 0 Å². The van der Waals surface area contributed by atoms with Crippen molar-refractivity contribution < 1.29 is 9.30 Å². The predicted octanol–water partition coefficient (Wildman–Crippen LogP) is 8.78. The standard InChI is InChI=1S/C36H41N4O/c1-19(2)24-15-25-14-20(3)21(4)28-29(25)27(17-24)41-31-26-16-22(12-13-23(26)18-40(11)30(28)31)32-37-33(35(5,6)7)39-34(38-32)36(8,9)10/h12-19H,1-11H3/q+1. The van der Waals surface area contributed by atoms with Gasteiger partial charge in [0.25, 0.3) is 5.69 Å². The molecule has 210 valence electrons. The molecule has 0 spiro atoms. The molecule has 6 rings (SSSR count). The van der Waals surface area contributed by atoms with Gasteiger partial charge in [-0.1, -0.05) is 73.6 Å². The number of aromatic nitrogens is 4. The van der Waals surface area contributed by atoms with Crippen LogP contribution < -0.4 is 9.30 Å². The molecule has 0 N–H and O–H groups in total. The molecule has 0 amide bonds. The molecule has 0 saturated heterocycles. The first-order chi connectivity index (χ1) is 19.1. The van der Waals surface area contributed by atoms with Gasteiger partial charge in [-0.2, -0.15) is 4.57 Å². The van der Waals surface area contributed by atoms with Crippen LogP contribution in [-0.4, -0.2) is 15.0 Å². The van der Waals surface area contributed by atoms with Gasteiger partial charge in [0.1, 0.15) is 24.4 Å². The van der Waals surface area contributed by atoms with Crippen molar-refractivity contribution >= 4 is 21.5 Å². The molecule has 0 atom stereocenters. The van der Waals surface area contributed by atoms with E-state index in [-0.39, 0.29) is 10.8 Å². The lowest BCUT2D eigenvalue weighted by Gasteiger charge is -2.24. The lowest BCUT2D eigenvalue weighted by atomic mass is 9.87. The summed E-state index contributed by atoms with van der Waals surface area (Å²) < 4.78 is 9.12. The number of benzene rings is 3. The normalized spacial score (nSPS) is 13.2. The minimum Gasteiger partial charge on any atom is -0.449 e. The van der Waals surface area contributed by atoms with Gasteiger partial charge in [-0.05, 0) is 60.0 Å². The zero-order chi connectivity index (χ0) is 29.6. The van der Waals surface area contributed by atoms with E-state index in [2.05, 4.69) is 123 Å². The van der Waals surface area contributed by atoms with Crippen LogP contribution in [0.15, 0.2) is 42.6 Å². The topological polar surface area (TPSA) is 51.8 Å². The Morgan fingerprint density at radius 3 is 2.07 bits per heavy atom. The molecule has 0 bridgehead atoms. The fourth-order valence-corrected chi connectivity index (χ4v) is 5.72. The average Bonchev–Trinajstić information content (AvgIpc) is 2.89. The summed E-state index contributed by atoms with van der Waals surface area (Å²) in [5, 5.41) is 4.60. The summed E-state index contributed by atoms with van der Waals surface area (Å²) >= 11 is 0. The molecule has 0 unspecified atom stereocenters. The predicted molar refractivity (Wildman–Crippen MR) is 168 cm³/mol. The summed E-state index contributed by atoms with van der Waals surface area (Å²) in [6.07, 6.45) is 2.21. The fraction of sp³-hybridized carbons (Fsp3) is 0.389. The van der Waals surface area contributed by atoms with Gasteiger partial charge in [0.2, 0.25) is 5.75 Å². The first kappa shape index (κ1) is 27.3. The number of rotatable bonds is 2. The number of ether oxygens (including phenoxy) is 1. The van der Waals surface area contributed by atoms with E-state index in [1.165, 1.54) is 33.0 Å². The Kier molecular flexibility index (Phi) is 6.04. The number of pyridine rings is 1. The first-order valence-electron chi connectivity index (χ1n) is 14.6. The van der Waals surface area contributed by atoms with Crippen LogP contribution in [0.4, 0.5) is 0 Å². The van der Waals surface area contributed by atoms with Gasteiger partial charge in [0, 0.05) is 32.6 Å². The monoisotopic (exact) mass is 545 g/mol. The second-order valence-electron chi connectivity index (χ2n) is 14.1. The molecular weight excluding hydrogens is 504 g/mol. The quantitative estimate of drug-likeness (QED) is 0.204. The number of aryl methyl sites for hydroxylation is 2. The maximum atomic E-state index is 6.90. The van der Waals surface area contributed by atoms with E-state index in [0.717, 1.165) is 45.2 Å². The Bertz CT molecular complexity index is 1860. The van der Waals surface area contributed by atoms with Gasteiger partial charge in [-0.3, -0.25) is 0 Å². The summed E-state index contributed by atoms with van der Waals surface area (Å²) in [7, 11) is 2.12. The van der Waals surface area contributed by atoms with Gasteiger partial charge in [-0.25, -0.2) is 15.0 Å². The van der Waals surface area contributed by atoms with Crippen LogP contribution >= 0.6 is 0 Å². The van der Waals surface area contributed by atoms with Crippen LogP contribution in [0.25, 0.3) is 44.2 Å². The van der Waals surface area contributed by atoms with E-state index in [9.17, 15) is 0 Å². The van der Waals surface area contributed by atoms with Crippen molar-refractivity contribution in [3.63, 3.8) is 0 Å². The summed E-state index contributed by atoms with van der Waals surface area (Å²) in [5.74, 6) is 4.53. The minimum atomic E-state index is -0.198. The highest BCUT2D eigenvalue weighted by molar-refractivity contribution is 6.08. The Morgan fingerprint density at radius 2 is 1.46 bits per heavy atom. The Labute approximate surface area is 243 Å². The SMILES string of the molecule is Cc1cc2cc(C(C)C)cc3c2c(c1C)-c1c(c2cc(-c4nc(C(C)(C)C)nc(C(C)(C)C)n4)ccc2c[n+]1C)O3. The smallest absolute Gasteiger partial charge is 0.257 e. The lowest BCUT2D eigenvalue weighted by molar-refractivity contribution is -0.659. The Morgan fingerprint density at radius 1 is 0.805 bits per heavy atom. The summed E-state index contributed by atoms with van der Waals surface area (Å²) in [5.41, 5.74) is 6.78. The molecule has 1 aliphatic heterocycles. The molecule has 0 aliphatic carbocycles. The molecule has 2 aromatic heterocycles. The van der Waals surface area contributed by atoms with Crippen molar-refractivity contribution in [2.24, 2.45) is 7.05 Å². The number of fused-ring (bicyclic) bond motifs is 4. The molecule has 3 aromatic carbocycles. The van der Waals surface area contributed by atoms with Crippen molar-refractivity contribution in [3.05, 3.63) is 70.9 Å². The Hall–Kier alpha value is -3.86. The number of hydrogen-bond acceptors (Lipinski definition) is 4. The molecule has 5 nitrogen and oxygen atoms in total. The van der Waals surface area contributed by atoms with Crippen molar-refractivity contribution in [2.45, 2.75) is 86.0 Å². The van der Waals surface area contributed by atoms with E-state index in [4.69, 9.17) is 19.7 Å². The van der Waals surface area contributed by atoms with E-state index in [0.29, 0.717) is 11.7 Å². The molecule has 5 aromatic rings. The van der Waals surface area contributed by atoms with Crippen molar-refractivity contribution in [3.8, 4) is 34.1 Å². The second kappa shape index (κ2) is 9.07. The zero-order valence-electron chi connectivity index (χ0n) is 26.3. The zero-order valence-corrected chi connectivity index (χ0v) is 26.3. The van der Waals surface area contributed by atoms with Gasteiger partial charge in [-0.15, -0.1) is 0 Å². The molecule has 0 radical (unpaired) electrons. The van der Waals surface area contributed by atoms with Crippen LogP contribution in [-0.2, 0) is 17.9 Å². The third-order valence-electron chi connectivity index (χ3n) is 8.29. The molecule has 41 heavy (non-hydrogen) atoms. The van der Waals surface area contributed by atoms with Crippen LogP contribution in [0.3, 0.4) is 0 Å². The average molecular weight is 546 g/mol. The van der Waals surface area contributed by atoms with Crippen LogP contribution in [0, 0.1) is 13.8 Å². The molecular formula is C36H41N4O+. The van der Waals surface area contributed by atoms with Gasteiger partial charge < -0.3 is 4.74 Å². The highest BCUT2D eigenvalue weighted by Gasteiger charge is 2.33. The highest BCUT2D eigenvalue weighted by atomic mass is 16.5. The molecule has 1 aliphatic rings. The lowest BCUT2D eigenvalue weighted by Crippen LogP contribution is -2.32. The highest BCUT2D eigenvalue weighted by Crippen LogP contribution is 2.50. The van der Waals surface area contributed by atoms with Crippen LogP contribution in [0.5, 0.6) is 11.5 Å². The minimum absolute atomic E-state index is 0.198. The first-order valence-corrected chi connectivity index (χ1v) is 14.6. The van der Waals surface area contributed by atoms with E-state index >= 15 is 0 Å². The van der Waals surface area contributed by atoms with Crippen LogP contribution in [0.1, 0.15) is 89.6 Å². The van der Waals surface area contributed by atoms with Crippen molar-refractivity contribution in [1.29, 1.82) is 0 Å². The number of hydrogen-bond donors (Lipinski definition) is 0. The number of nitrogens with zero attached hydrogens (tertiary/aromatic N) is 4. The molecule has 5 heteroatoms. The summed E-state index contributed by atoms with van der Waals surface area (Å²) in [6, 6.07) is 13.3. The second-order valence-corrected chi connectivity index (χ2v) is 14.1. The van der Waals surface area contributed by atoms with Gasteiger partial charge >= 0.3 is 0 Å². The van der Waals surface area contributed by atoms with E-state index in [1.807, 2.05) is 0 Å². The maximum absolute atomic E-state index is 6.90.